The van der Waals surface area contributed by atoms with Gasteiger partial charge in [0.15, 0.2) is 0 Å². The highest BCUT2D eigenvalue weighted by atomic mass is 32.2. The standard InChI is InChI=1S/C13H11F6N3S/c1-22(2)11(13(17,18)19)21-9-4-3-8(6-20)10(5-9)23-7-12(14,15)16/h3-5H,7H2,1-2H3. The van der Waals surface area contributed by atoms with E-state index in [1.165, 1.54) is 0 Å². The van der Waals surface area contributed by atoms with Gasteiger partial charge in [-0.25, -0.2) is 4.99 Å². The molecule has 10 heteroatoms. The largest absolute Gasteiger partial charge is 0.449 e. The van der Waals surface area contributed by atoms with Crippen LogP contribution in [0.15, 0.2) is 28.1 Å². The third-order valence-electron chi connectivity index (χ3n) is 2.39. The van der Waals surface area contributed by atoms with Crippen molar-refractivity contribution < 1.29 is 26.3 Å². The summed E-state index contributed by atoms with van der Waals surface area (Å²) >= 11 is 0.324. The third-order valence-corrected chi connectivity index (χ3v) is 3.51. The van der Waals surface area contributed by atoms with Crippen LogP contribution in [-0.2, 0) is 0 Å². The van der Waals surface area contributed by atoms with Crippen molar-refractivity contribution in [3.05, 3.63) is 23.8 Å². The average molecular weight is 355 g/mol. The van der Waals surface area contributed by atoms with Crippen LogP contribution >= 0.6 is 11.8 Å². The first-order chi connectivity index (χ1) is 10.4. The molecular weight excluding hydrogens is 344 g/mol. The first-order valence-electron chi connectivity index (χ1n) is 6.01. The molecule has 0 heterocycles. The number of nitriles is 1. The SMILES string of the molecule is CN(C)C(=Nc1ccc(C#N)c(SCC(F)(F)F)c1)C(F)(F)F. The molecule has 126 valence electrons. The van der Waals surface area contributed by atoms with Crippen molar-refractivity contribution in [1.82, 2.24) is 4.90 Å². The predicted octanol–water partition coefficient (Wildman–Crippen LogP) is 4.37. The monoisotopic (exact) mass is 355 g/mol. The maximum atomic E-state index is 12.8. The van der Waals surface area contributed by atoms with Crippen LogP contribution in [-0.4, -0.2) is 42.9 Å². The number of aliphatic imine (C=N–C) groups is 1. The lowest BCUT2D eigenvalue weighted by atomic mass is 10.2. The van der Waals surface area contributed by atoms with Gasteiger partial charge in [0.1, 0.15) is 6.07 Å². The summed E-state index contributed by atoms with van der Waals surface area (Å²) in [7, 11) is 2.30. The Morgan fingerprint density at radius 3 is 2.26 bits per heavy atom. The highest BCUT2D eigenvalue weighted by molar-refractivity contribution is 7.99. The number of halogens is 6. The number of hydrogen-bond acceptors (Lipinski definition) is 3. The van der Waals surface area contributed by atoms with Crippen LogP contribution in [0, 0.1) is 11.3 Å². The van der Waals surface area contributed by atoms with Crippen LogP contribution in [0.4, 0.5) is 32.0 Å². The molecule has 0 amide bonds. The summed E-state index contributed by atoms with van der Waals surface area (Å²) in [6.45, 7) is 0. The van der Waals surface area contributed by atoms with Gasteiger partial charge < -0.3 is 4.90 Å². The quantitative estimate of drug-likeness (QED) is 0.350. The van der Waals surface area contributed by atoms with E-state index in [4.69, 9.17) is 5.26 Å². The Morgan fingerprint density at radius 2 is 1.83 bits per heavy atom. The molecule has 0 spiro atoms. The smallest absolute Gasteiger partial charge is 0.359 e. The molecule has 0 aliphatic heterocycles. The summed E-state index contributed by atoms with van der Waals surface area (Å²) in [5, 5.41) is 8.87. The van der Waals surface area contributed by atoms with Gasteiger partial charge in [-0.05, 0) is 18.2 Å². The van der Waals surface area contributed by atoms with E-state index in [0.29, 0.717) is 11.8 Å². The summed E-state index contributed by atoms with van der Waals surface area (Å²) in [5.74, 6) is -2.46. The van der Waals surface area contributed by atoms with E-state index < -0.39 is 23.9 Å². The molecule has 0 aromatic heterocycles. The summed E-state index contributed by atoms with van der Waals surface area (Å²) in [5.41, 5.74) is -0.244. The van der Waals surface area contributed by atoms with E-state index in [-0.39, 0.29) is 16.1 Å². The topological polar surface area (TPSA) is 39.4 Å². The van der Waals surface area contributed by atoms with Crippen LogP contribution in [0.1, 0.15) is 5.56 Å². The second kappa shape index (κ2) is 7.12. The van der Waals surface area contributed by atoms with E-state index in [9.17, 15) is 26.3 Å². The Morgan fingerprint density at radius 1 is 1.22 bits per heavy atom. The lowest BCUT2D eigenvalue weighted by molar-refractivity contribution is -0.105. The van der Waals surface area contributed by atoms with Crippen LogP contribution in [0.25, 0.3) is 0 Å². The number of amidine groups is 1. The molecule has 0 saturated heterocycles. The predicted molar refractivity (Wildman–Crippen MR) is 74.8 cm³/mol. The molecule has 0 unspecified atom stereocenters. The van der Waals surface area contributed by atoms with Gasteiger partial charge in [-0.3, -0.25) is 0 Å². The number of thioether (sulfide) groups is 1. The zero-order chi connectivity index (χ0) is 17.8. The molecule has 23 heavy (non-hydrogen) atoms. The van der Waals surface area contributed by atoms with Crippen LogP contribution in [0.5, 0.6) is 0 Å². The Labute approximate surface area is 132 Å². The van der Waals surface area contributed by atoms with E-state index >= 15 is 0 Å². The molecule has 0 radical (unpaired) electrons. The second-order valence-electron chi connectivity index (χ2n) is 4.52. The van der Waals surface area contributed by atoms with E-state index in [1.54, 1.807) is 6.07 Å². The molecule has 3 nitrogen and oxygen atoms in total. The van der Waals surface area contributed by atoms with Crippen molar-refractivity contribution in [3.8, 4) is 6.07 Å². The normalized spacial score (nSPS) is 12.9. The maximum Gasteiger partial charge on any atom is 0.449 e. The van der Waals surface area contributed by atoms with Gasteiger partial charge in [0.25, 0.3) is 0 Å². The maximum absolute atomic E-state index is 12.8. The minimum atomic E-state index is -4.71. The van der Waals surface area contributed by atoms with Gasteiger partial charge in [0.2, 0.25) is 5.84 Å². The van der Waals surface area contributed by atoms with Gasteiger partial charge in [-0.15, -0.1) is 11.8 Å². The summed E-state index contributed by atoms with van der Waals surface area (Å²) < 4.78 is 75.3. The molecule has 1 aromatic carbocycles. The molecule has 0 N–H and O–H groups in total. The minimum Gasteiger partial charge on any atom is -0.359 e. The molecule has 1 aromatic rings. The molecule has 0 atom stereocenters. The molecule has 0 fully saturated rings. The van der Waals surface area contributed by atoms with Crippen molar-refractivity contribution in [1.29, 1.82) is 5.26 Å². The number of hydrogen-bond donors (Lipinski definition) is 0. The minimum absolute atomic E-state index is 0.0587. The molecular formula is C13H11F6N3S. The molecule has 0 saturated carbocycles. The highest BCUT2D eigenvalue weighted by Gasteiger charge is 2.37. The average Bonchev–Trinajstić information content (AvgIpc) is 2.40. The van der Waals surface area contributed by atoms with Crippen molar-refractivity contribution in [2.24, 2.45) is 4.99 Å². The Kier molecular flexibility index (Phi) is 5.93. The molecule has 0 aliphatic carbocycles. The zero-order valence-corrected chi connectivity index (χ0v) is 12.8. The van der Waals surface area contributed by atoms with Crippen LogP contribution in [0.2, 0.25) is 0 Å². The zero-order valence-electron chi connectivity index (χ0n) is 12.0. The van der Waals surface area contributed by atoms with Gasteiger partial charge in [-0.1, -0.05) is 0 Å². The van der Waals surface area contributed by atoms with E-state index in [0.717, 1.165) is 37.2 Å². The fourth-order valence-electron chi connectivity index (χ4n) is 1.49. The summed E-state index contributed by atoms with van der Waals surface area (Å²) in [4.78, 5) is 4.10. The van der Waals surface area contributed by atoms with Crippen molar-refractivity contribution in [2.45, 2.75) is 17.2 Å². The Hall–Kier alpha value is -1.89. The van der Waals surface area contributed by atoms with Crippen LogP contribution in [0.3, 0.4) is 0 Å². The fourth-order valence-corrected chi connectivity index (χ4v) is 2.28. The number of nitrogens with zero attached hydrogens (tertiary/aromatic N) is 3. The fraction of sp³-hybridized carbons (Fsp3) is 0.385. The van der Waals surface area contributed by atoms with Gasteiger partial charge in [0.05, 0.1) is 17.0 Å². The highest BCUT2D eigenvalue weighted by Crippen LogP contribution is 2.32. The molecule has 0 bridgehead atoms. The first-order valence-corrected chi connectivity index (χ1v) is 6.99. The van der Waals surface area contributed by atoms with Crippen LogP contribution < -0.4 is 0 Å². The van der Waals surface area contributed by atoms with Crippen molar-refractivity contribution in [2.75, 3.05) is 19.8 Å². The Bertz CT molecular complexity index is 628. The second-order valence-corrected chi connectivity index (χ2v) is 5.54. The van der Waals surface area contributed by atoms with Gasteiger partial charge >= 0.3 is 12.4 Å². The van der Waals surface area contributed by atoms with E-state index in [1.807, 2.05) is 0 Å². The van der Waals surface area contributed by atoms with Crippen molar-refractivity contribution in [3.63, 3.8) is 0 Å². The molecule has 1 rings (SSSR count). The Balaban J connectivity index is 3.22. The van der Waals surface area contributed by atoms with Gasteiger partial charge in [0, 0.05) is 19.0 Å². The number of alkyl halides is 6. The van der Waals surface area contributed by atoms with Gasteiger partial charge in [-0.2, -0.15) is 31.6 Å². The number of benzene rings is 1. The first kappa shape index (κ1) is 19.2. The lowest BCUT2D eigenvalue weighted by Crippen LogP contribution is -2.35. The molecule has 0 aliphatic rings. The van der Waals surface area contributed by atoms with E-state index in [2.05, 4.69) is 4.99 Å². The third kappa shape index (κ3) is 6.02. The summed E-state index contributed by atoms with van der Waals surface area (Å²) in [6.07, 6.45) is -9.17. The summed E-state index contributed by atoms with van der Waals surface area (Å²) in [6, 6.07) is 5.01. The number of rotatable bonds is 3. The lowest BCUT2D eigenvalue weighted by Gasteiger charge is -2.18. The van der Waals surface area contributed by atoms with Crippen molar-refractivity contribution >= 4 is 23.3 Å².